The van der Waals surface area contributed by atoms with Crippen LogP contribution in [0.25, 0.3) is 0 Å². The number of carbonyl (C=O) groups is 1. The van der Waals surface area contributed by atoms with E-state index in [9.17, 15) is 9.59 Å². The molecule has 4 nitrogen and oxygen atoms in total. The van der Waals surface area contributed by atoms with Crippen LogP contribution in [0.2, 0.25) is 0 Å². The topological polar surface area (TPSA) is 59.2 Å². The number of aromatic amines is 1. The predicted molar refractivity (Wildman–Crippen MR) is 57.0 cm³/mol. The second-order valence-corrected chi connectivity index (χ2v) is 3.35. The van der Waals surface area contributed by atoms with Gasteiger partial charge < -0.3 is 9.72 Å². The van der Waals surface area contributed by atoms with E-state index in [0.29, 0.717) is 5.56 Å². The molecule has 0 aliphatic carbocycles. The lowest BCUT2D eigenvalue weighted by Gasteiger charge is -2.02. The molecule has 0 saturated carbocycles. The van der Waals surface area contributed by atoms with Gasteiger partial charge in [0.2, 0.25) is 5.56 Å². The molecular formula is C11H15NO3. The molecule has 82 valence electrons. The number of hydrogen-bond donors (Lipinski definition) is 1. The highest BCUT2D eigenvalue weighted by Gasteiger charge is 2.07. The van der Waals surface area contributed by atoms with Crippen molar-refractivity contribution >= 4 is 5.97 Å². The molecule has 0 aliphatic heterocycles. The number of H-pyrrole nitrogens is 1. The molecule has 4 heteroatoms. The van der Waals surface area contributed by atoms with Crippen LogP contribution in [0, 0.1) is 0 Å². The van der Waals surface area contributed by atoms with Crippen LogP contribution in [-0.4, -0.2) is 18.1 Å². The maximum Gasteiger partial charge on any atom is 0.338 e. The van der Waals surface area contributed by atoms with Crippen LogP contribution < -0.4 is 5.56 Å². The minimum atomic E-state index is -0.473. The molecule has 0 atom stereocenters. The summed E-state index contributed by atoms with van der Waals surface area (Å²) in [5.41, 5.74) is 0.834. The summed E-state index contributed by atoms with van der Waals surface area (Å²) in [5.74, 6) is -0.473. The normalized spacial score (nSPS) is 10.0. The highest BCUT2D eigenvalue weighted by atomic mass is 16.5. The number of pyridine rings is 1. The fourth-order valence-electron chi connectivity index (χ4n) is 1.34. The van der Waals surface area contributed by atoms with Crippen LogP contribution in [-0.2, 0) is 11.2 Å². The number of esters is 1. The Morgan fingerprint density at radius 1 is 1.47 bits per heavy atom. The van der Waals surface area contributed by atoms with Crippen LogP contribution in [0.5, 0.6) is 0 Å². The van der Waals surface area contributed by atoms with Crippen molar-refractivity contribution in [3.63, 3.8) is 0 Å². The van der Waals surface area contributed by atoms with Crippen molar-refractivity contribution in [2.45, 2.75) is 26.2 Å². The molecule has 0 saturated heterocycles. The molecule has 0 spiro atoms. The van der Waals surface area contributed by atoms with Gasteiger partial charge >= 0.3 is 5.97 Å². The van der Waals surface area contributed by atoms with Crippen LogP contribution in [0.1, 0.15) is 35.8 Å². The number of aromatic nitrogens is 1. The molecule has 15 heavy (non-hydrogen) atoms. The number of carbonyl (C=O) groups excluding carboxylic acids is 1. The third kappa shape index (κ3) is 3.23. The first-order valence-electron chi connectivity index (χ1n) is 4.99. The fourth-order valence-corrected chi connectivity index (χ4v) is 1.34. The summed E-state index contributed by atoms with van der Waals surface area (Å²) in [6.45, 7) is 2.07. The number of hydrogen-bond acceptors (Lipinski definition) is 3. The van der Waals surface area contributed by atoms with E-state index in [2.05, 4.69) is 16.6 Å². The molecule has 0 aliphatic rings. The van der Waals surface area contributed by atoms with Gasteiger partial charge in [0.15, 0.2) is 0 Å². The number of ether oxygens (including phenoxy) is 1. The number of unbranched alkanes of at least 4 members (excludes halogenated alkanes) is 1. The van der Waals surface area contributed by atoms with Gasteiger partial charge in [-0.3, -0.25) is 4.79 Å². The van der Waals surface area contributed by atoms with Gasteiger partial charge in [-0.25, -0.2) is 4.79 Å². The maximum atomic E-state index is 11.2. The van der Waals surface area contributed by atoms with E-state index in [-0.39, 0.29) is 5.56 Å². The SMILES string of the molecule is CCCCc1cc(C(=O)OC)cc(=O)[nH]1. The molecule has 0 fully saturated rings. The third-order valence-electron chi connectivity index (χ3n) is 2.12. The van der Waals surface area contributed by atoms with Gasteiger partial charge in [0.05, 0.1) is 12.7 Å². The summed E-state index contributed by atoms with van der Waals surface area (Å²) in [6, 6.07) is 2.92. The molecule has 1 heterocycles. The zero-order valence-corrected chi connectivity index (χ0v) is 9.00. The number of aryl methyl sites for hydroxylation is 1. The quantitative estimate of drug-likeness (QED) is 0.764. The van der Waals surface area contributed by atoms with Gasteiger partial charge in [-0.15, -0.1) is 0 Å². The van der Waals surface area contributed by atoms with Crippen molar-refractivity contribution in [2.75, 3.05) is 7.11 Å². The summed E-state index contributed by atoms with van der Waals surface area (Å²) in [4.78, 5) is 25.1. The molecule has 0 aromatic carbocycles. The van der Waals surface area contributed by atoms with Crippen molar-refractivity contribution in [1.29, 1.82) is 0 Å². The third-order valence-corrected chi connectivity index (χ3v) is 2.12. The molecule has 1 N–H and O–H groups in total. The summed E-state index contributed by atoms with van der Waals surface area (Å²) in [6.07, 6.45) is 2.81. The number of rotatable bonds is 4. The largest absolute Gasteiger partial charge is 0.465 e. The Kier molecular flexibility index (Phi) is 4.09. The van der Waals surface area contributed by atoms with Gasteiger partial charge in [0.25, 0.3) is 0 Å². The minimum absolute atomic E-state index is 0.260. The smallest absolute Gasteiger partial charge is 0.338 e. The lowest BCUT2D eigenvalue weighted by atomic mass is 10.1. The van der Waals surface area contributed by atoms with Gasteiger partial charge in [-0.05, 0) is 18.9 Å². The van der Waals surface area contributed by atoms with E-state index in [0.717, 1.165) is 25.0 Å². The highest BCUT2D eigenvalue weighted by Crippen LogP contribution is 2.04. The lowest BCUT2D eigenvalue weighted by molar-refractivity contribution is 0.0600. The van der Waals surface area contributed by atoms with Crippen molar-refractivity contribution in [3.8, 4) is 0 Å². The highest BCUT2D eigenvalue weighted by molar-refractivity contribution is 5.89. The van der Waals surface area contributed by atoms with Crippen LogP contribution in [0.4, 0.5) is 0 Å². The average molecular weight is 209 g/mol. The Morgan fingerprint density at radius 2 is 2.20 bits per heavy atom. The monoisotopic (exact) mass is 209 g/mol. The molecule has 0 amide bonds. The second-order valence-electron chi connectivity index (χ2n) is 3.35. The second kappa shape index (κ2) is 5.34. The Labute approximate surface area is 88.3 Å². The van der Waals surface area contributed by atoms with Crippen molar-refractivity contribution < 1.29 is 9.53 Å². The van der Waals surface area contributed by atoms with E-state index < -0.39 is 5.97 Å². The molecule has 0 bridgehead atoms. The molecule has 0 radical (unpaired) electrons. The minimum Gasteiger partial charge on any atom is -0.465 e. The number of nitrogens with one attached hydrogen (secondary N) is 1. The number of methoxy groups -OCH3 is 1. The van der Waals surface area contributed by atoms with Crippen molar-refractivity contribution in [2.24, 2.45) is 0 Å². The van der Waals surface area contributed by atoms with E-state index in [1.165, 1.54) is 13.2 Å². The Bertz CT molecular complexity index is 395. The Hall–Kier alpha value is -1.58. The molecular weight excluding hydrogens is 194 g/mol. The van der Waals surface area contributed by atoms with E-state index in [1.54, 1.807) is 6.07 Å². The first-order valence-corrected chi connectivity index (χ1v) is 4.99. The van der Waals surface area contributed by atoms with Crippen LogP contribution >= 0.6 is 0 Å². The van der Waals surface area contributed by atoms with Gasteiger partial charge in [-0.1, -0.05) is 13.3 Å². The van der Waals surface area contributed by atoms with E-state index >= 15 is 0 Å². The summed E-state index contributed by atoms with van der Waals surface area (Å²) < 4.78 is 4.56. The molecule has 0 unspecified atom stereocenters. The summed E-state index contributed by atoms with van der Waals surface area (Å²) >= 11 is 0. The summed E-state index contributed by atoms with van der Waals surface area (Å²) in [5, 5.41) is 0. The lowest BCUT2D eigenvalue weighted by Crippen LogP contribution is -2.13. The molecule has 1 aromatic rings. The first-order chi connectivity index (χ1) is 7.17. The fraction of sp³-hybridized carbons (Fsp3) is 0.455. The molecule has 1 aromatic heterocycles. The Balaban J connectivity index is 2.94. The van der Waals surface area contributed by atoms with Crippen molar-refractivity contribution in [3.05, 3.63) is 33.7 Å². The van der Waals surface area contributed by atoms with Gasteiger partial charge in [0.1, 0.15) is 0 Å². The standard InChI is InChI=1S/C11H15NO3/c1-3-4-5-9-6-8(11(14)15-2)7-10(13)12-9/h6-7H,3-5H2,1-2H3,(H,12,13). The predicted octanol–water partition coefficient (Wildman–Crippen LogP) is 1.50. The zero-order chi connectivity index (χ0) is 11.3. The zero-order valence-electron chi connectivity index (χ0n) is 9.00. The van der Waals surface area contributed by atoms with Crippen LogP contribution in [0.15, 0.2) is 16.9 Å². The van der Waals surface area contributed by atoms with E-state index in [1.807, 2.05) is 0 Å². The van der Waals surface area contributed by atoms with Crippen molar-refractivity contribution in [1.82, 2.24) is 4.98 Å². The van der Waals surface area contributed by atoms with Gasteiger partial charge in [0, 0.05) is 11.8 Å². The van der Waals surface area contributed by atoms with E-state index in [4.69, 9.17) is 0 Å². The molecule has 1 rings (SSSR count). The van der Waals surface area contributed by atoms with Gasteiger partial charge in [-0.2, -0.15) is 0 Å². The Morgan fingerprint density at radius 3 is 2.80 bits per heavy atom. The first kappa shape index (κ1) is 11.5. The summed E-state index contributed by atoms with van der Waals surface area (Å²) in [7, 11) is 1.30. The average Bonchev–Trinajstić information content (AvgIpc) is 2.24. The maximum absolute atomic E-state index is 11.2. The van der Waals surface area contributed by atoms with Crippen LogP contribution in [0.3, 0.4) is 0 Å².